The zero-order chi connectivity index (χ0) is 14.3. The van der Waals surface area contributed by atoms with E-state index in [1.165, 1.54) is 0 Å². The second-order valence-corrected chi connectivity index (χ2v) is 4.72. The number of amides is 1. The summed E-state index contributed by atoms with van der Waals surface area (Å²) in [5.74, 6) is -0.168. The van der Waals surface area contributed by atoms with Crippen LogP contribution in [0.25, 0.3) is 0 Å². The summed E-state index contributed by atoms with van der Waals surface area (Å²) in [4.78, 5) is 18.4. The molecule has 1 heterocycles. The maximum atomic E-state index is 12.4. The summed E-state index contributed by atoms with van der Waals surface area (Å²) in [6.45, 7) is 5.23. The van der Waals surface area contributed by atoms with Crippen LogP contribution >= 0.6 is 0 Å². The lowest BCUT2D eigenvalue weighted by molar-refractivity contribution is -0.136. The average molecular weight is 265 g/mol. The molecule has 19 heavy (non-hydrogen) atoms. The standard InChI is InChI=1S/C14H23N3O2/c1-11(12(2)15)14(18)17(8-9-19-3)10-13-6-4-5-7-16-13/h4-7,11-12H,8-10,15H2,1-3H3. The van der Waals surface area contributed by atoms with Gasteiger partial charge in [-0.15, -0.1) is 0 Å². The van der Waals surface area contributed by atoms with E-state index in [0.717, 1.165) is 5.69 Å². The fraction of sp³-hybridized carbons (Fsp3) is 0.571. The van der Waals surface area contributed by atoms with Gasteiger partial charge in [-0.1, -0.05) is 13.0 Å². The molecule has 2 N–H and O–H groups in total. The first-order chi connectivity index (χ1) is 9.06. The quantitative estimate of drug-likeness (QED) is 0.800. The maximum absolute atomic E-state index is 12.4. The summed E-state index contributed by atoms with van der Waals surface area (Å²) in [6.07, 6.45) is 1.73. The number of hydrogen-bond donors (Lipinski definition) is 1. The predicted molar refractivity (Wildman–Crippen MR) is 74.3 cm³/mol. The zero-order valence-corrected chi connectivity index (χ0v) is 11.9. The van der Waals surface area contributed by atoms with E-state index >= 15 is 0 Å². The number of hydrogen-bond acceptors (Lipinski definition) is 4. The number of nitrogens with zero attached hydrogens (tertiary/aromatic N) is 2. The van der Waals surface area contributed by atoms with E-state index in [2.05, 4.69) is 4.98 Å². The van der Waals surface area contributed by atoms with Crippen molar-refractivity contribution >= 4 is 5.91 Å². The molecule has 2 atom stereocenters. The highest BCUT2D eigenvalue weighted by Crippen LogP contribution is 2.09. The van der Waals surface area contributed by atoms with Crippen LogP contribution in [-0.2, 0) is 16.1 Å². The molecule has 0 saturated carbocycles. The minimum atomic E-state index is -0.208. The van der Waals surface area contributed by atoms with Crippen molar-refractivity contribution in [1.82, 2.24) is 9.88 Å². The Balaban J connectivity index is 2.74. The first-order valence-corrected chi connectivity index (χ1v) is 6.49. The van der Waals surface area contributed by atoms with Gasteiger partial charge in [0.25, 0.3) is 0 Å². The molecule has 0 aliphatic heterocycles. The highest BCUT2D eigenvalue weighted by atomic mass is 16.5. The van der Waals surface area contributed by atoms with Gasteiger partial charge in [0.15, 0.2) is 0 Å². The highest BCUT2D eigenvalue weighted by Gasteiger charge is 2.23. The van der Waals surface area contributed by atoms with Crippen LogP contribution in [0, 0.1) is 5.92 Å². The molecular weight excluding hydrogens is 242 g/mol. The molecule has 0 spiro atoms. The second kappa shape index (κ2) is 7.86. The minimum absolute atomic E-state index is 0.0395. The van der Waals surface area contributed by atoms with E-state index in [9.17, 15) is 4.79 Å². The number of ether oxygens (including phenoxy) is 1. The largest absolute Gasteiger partial charge is 0.383 e. The normalized spacial score (nSPS) is 13.9. The first-order valence-electron chi connectivity index (χ1n) is 6.49. The van der Waals surface area contributed by atoms with Crippen LogP contribution in [0.1, 0.15) is 19.5 Å². The van der Waals surface area contributed by atoms with Gasteiger partial charge in [0.2, 0.25) is 5.91 Å². The first kappa shape index (κ1) is 15.6. The number of methoxy groups -OCH3 is 1. The van der Waals surface area contributed by atoms with E-state index in [4.69, 9.17) is 10.5 Å². The number of pyridine rings is 1. The lowest BCUT2D eigenvalue weighted by atomic mass is 10.0. The van der Waals surface area contributed by atoms with E-state index in [1.54, 1.807) is 18.2 Å². The Morgan fingerprint density at radius 3 is 2.74 bits per heavy atom. The van der Waals surface area contributed by atoms with E-state index in [0.29, 0.717) is 19.7 Å². The third-order valence-electron chi connectivity index (χ3n) is 3.13. The van der Waals surface area contributed by atoms with Crippen molar-refractivity contribution in [2.24, 2.45) is 11.7 Å². The molecule has 1 aromatic heterocycles. The van der Waals surface area contributed by atoms with Crippen molar-refractivity contribution in [2.45, 2.75) is 26.4 Å². The molecule has 0 aromatic carbocycles. The van der Waals surface area contributed by atoms with Gasteiger partial charge in [-0.05, 0) is 19.1 Å². The summed E-state index contributed by atoms with van der Waals surface area (Å²) in [7, 11) is 1.62. The summed E-state index contributed by atoms with van der Waals surface area (Å²) in [5.41, 5.74) is 6.67. The molecule has 5 heteroatoms. The fourth-order valence-corrected chi connectivity index (χ4v) is 1.67. The lowest BCUT2D eigenvalue weighted by Gasteiger charge is -2.26. The molecule has 0 radical (unpaired) electrons. The van der Waals surface area contributed by atoms with Crippen molar-refractivity contribution in [3.05, 3.63) is 30.1 Å². The number of rotatable bonds is 7. The molecule has 106 valence electrons. The van der Waals surface area contributed by atoms with E-state index in [-0.39, 0.29) is 17.9 Å². The second-order valence-electron chi connectivity index (χ2n) is 4.72. The Hall–Kier alpha value is -1.46. The Kier molecular flexibility index (Phi) is 6.45. The van der Waals surface area contributed by atoms with Crippen LogP contribution in [0.3, 0.4) is 0 Å². The number of aromatic nitrogens is 1. The molecule has 0 bridgehead atoms. The van der Waals surface area contributed by atoms with Crippen LogP contribution < -0.4 is 5.73 Å². The van der Waals surface area contributed by atoms with Crippen LogP contribution in [0.5, 0.6) is 0 Å². The van der Waals surface area contributed by atoms with Crippen molar-refractivity contribution in [3.8, 4) is 0 Å². The van der Waals surface area contributed by atoms with Gasteiger partial charge in [-0.3, -0.25) is 9.78 Å². The molecule has 0 aliphatic rings. The number of carbonyl (C=O) groups excluding carboxylic acids is 1. The smallest absolute Gasteiger partial charge is 0.227 e. The van der Waals surface area contributed by atoms with Crippen LogP contribution in [0.15, 0.2) is 24.4 Å². The summed E-state index contributed by atoms with van der Waals surface area (Å²) in [6, 6.07) is 5.51. The molecule has 0 fully saturated rings. The third kappa shape index (κ3) is 4.96. The van der Waals surface area contributed by atoms with Gasteiger partial charge in [0.1, 0.15) is 0 Å². The number of carbonyl (C=O) groups is 1. The SMILES string of the molecule is COCCN(Cc1ccccn1)C(=O)C(C)C(C)N. The average Bonchev–Trinajstić information content (AvgIpc) is 2.42. The Labute approximate surface area is 114 Å². The highest BCUT2D eigenvalue weighted by molar-refractivity contribution is 5.79. The molecule has 2 unspecified atom stereocenters. The molecule has 1 amide bonds. The molecular formula is C14H23N3O2. The summed E-state index contributed by atoms with van der Waals surface area (Å²) in [5, 5.41) is 0. The summed E-state index contributed by atoms with van der Waals surface area (Å²) < 4.78 is 5.05. The molecule has 5 nitrogen and oxygen atoms in total. The van der Waals surface area contributed by atoms with Gasteiger partial charge in [-0.2, -0.15) is 0 Å². The molecule has 1 aromatic rings. The summed E-state index contributed by atoms with van der Waals surface area (Å²) >= 11 is 0. The molecule has 0 aliphatic carbocycles. The molecule has 0 saturated heterocycles. The molecule has 1 rings (SSSR count). The minimum Gasteiger partial charge on any atom is -0.383 e. The topological polar surface area (TPSA) is 68.5 Å². The Morgan fingerprint density at radius 1 is 1.47 bits per heavy atom. The Bertz CT molecular complexity index is 382. The monoisotopic (exact) mass is 265 g/mol. The van der Waals surface area contributed by atoms with Crippen molar-refractivity contribution < 1.29 is 9.53 Å². The van der Waals surface area contributed by atoms with Gasteiger partial charge in [-0.25, -0.2) is 0 Å². The van der Waals surface area contributed by atoms with Crippen molar-refractivity contribution in [3.63, 3.8) is 0 Å². The fourth-order valence-electron chi connectivity index (χ4n) is 1.67. The zero-order valence-electron chi connectivity index (χ0n) is 11.9. The Morgan fingerprint density at radius 2 is 2.21 bits per heavy atom. The predicted octanol–water partition coefficient (Wildman–Crippen LogP) is 1.04. The van der Waals surface area contributed by atoms with Gasteiger partial charge < -0.3 is 15.4 Å². The van der Waals surface area contributed by atoms with E-state index < -0.39 is 0 Å². The number of nitrogens with two attached hydrogens (primary N) is 1. The van der Waals surface area contributed by atoms with Crippen LogP contribution in [0.2, 0.25) is 0 Å². The van der Waals surface area contributed by atoms with Crippen LogP contribution in [0.4, 0.5) is 0 Å². The van der Waals surface area contributed by atoms with Gasteiger partial charge in [0, 0.05) is 25.9 Å². The lowest BCUT2D eigenvalue weighted by Crippen LogP contribution is -2.42. The van der Waals surface area contributed by atoms with E-state index in [1.807, 2.05) is 32.0 Å². The third-order valence-corrected chi connectivity index (χ3v) is 3.13. The van der Waals surface area contributed by atoms with Gasteiger partial charge >= 0.3 is 0 Å². The van der Waals surface area contributed by atoms with Crippen molar-refractivity contribution in [2.75, 3.05) is 20.3 Å². The van der Waals surface area contributed by atoms with Gasteiger partial charge in [0.05, 0.1) is 24.8 Å². The van der Waals surface area contributed by atoms with Crippen LogP contribution in [-0.4, -0.2) is 42.1 Å². The maximum Gasteiger partial charge on any atom is 0.227 e. The van der Waals surface area contributed by atoms with Crippen molar-refractivity contribution in [1.29, 1.82) is 0 Å².